The molecule has 7 atom stereocenters. The van der Waals surface area contributed by atoms with Crippen LogP contribution in [0.2, 0.25) is 0 Å². The minimum atomic E-state index is -0.327. The summed E-state index contributed by atoms with van der Waals surface area (Å²) < 4.78 is 11.1. The highest BCUT2D eigenvalue weighted by atomic mass is 16.5. The molecule has 0 radical (unpaired) electrons. The molecule has 35 heavy (non-hydrogen) atoms. The molecule has 0 N–H and O–H groups in total. The van der Waals surface area contributed by atoms with Crippen molar-refractivity contribution in [3.8, 4) is 0 Å². The van der Waals surface area contributed by atoms with E-state index in [9.17, 15) is 9.59 Å². The summed E-state index contributed by atoms with van der Waals surface area (Å²) in [5.74, 6) is 4.64. The normalized spacial score (nSPS) is 34.8. The minimum absolute atomic E-state index is 0.00764. The third kappa shape index (κ3) is 5.77. The van der Waals surface area contributed by atoms with Gasteiger partial charge in [-0.3, -0.25) is 9.59 Å². The third-order valence-corrected chi connectivity index (χ3v) is 11.3. The fourth-order valence-electron chi connectivity index (χ4n) is 7.34. The summed E-state index contributed by atoms with van der Waals surface area (Å²) >= 11 is 0. The Morgan fingerprint density at radius 2 is 1.29 bits per heavy atom. The van der Waals surface area contributed by atoms with E-state index < -0.39 is 0 Å². The van der Waals surface area contributed by atoms with E-state index >= 15 is 0 Å². The molecular formula is C31H54O4. The molecule has 6 aliphatic rings. The molecule has 4 heteroatoms. The second kappa shape index (κ2) is 10.7. The average molecular weight is 491 g/mol. The van der Waals surface area contributed by atoms with E-state index in [0.29, 0.717) is 35.9 Å². The van der Waals surface area contributed by atoms with E-state index in [-0.39, 0.29) is 23.3 Å². The van der Waals surface area contributed by atoms with Crippen LogP contribution < -0.4 is 0 Å². The van der Waals surface area contributed by atoms with Crippen LogP contribution in [0.4, 0.5) is 0 Å². The molecule has 1 unspecified atom stereocenters. The predicted molar refractivity (Wildman–Crippen MR) is 142 cm³/mol. The summed E-state index contributed by atoms with van der Waals surface area (Å²) in [6, 6.07) is 0. The second-order valence-electron chi connectivity index (χ2n) is 14.2. The molecule has 6 aliphatic carbocycles. The zero-order chi connectivity index (χ0) is 26.2. The predicted octanol–water partition coefficient (Wildman–Crippen LogP) is 7.69. The molecule has 0 aliphatic heterocycles. The van der Waals surface area contributed by atoms with Crippen LogP contribution in [-0.4, -0.2) is 25.2 Å². The van der Waals surface area contributed by atoms with Crippen molar-refractivity contribution in [1.82, 2.24) is 0 Å². The zero-order valence-corrected chi connectivity index (χ0v) is 24.2. The van der Waals surface area contributed by atoms with Gasteiger partial charge in [0.15, 0.2) is 0 Å². The molecule has 4 bridgehead atoms. The van der Waals surface area contributed by atoms with Gasteiger partial charge >= 0.3 is 11.9 Å². The van der Waals surface area contributed by atoms with Gasteiger partial charge in [-0.15, -0.1) is 0 Å². The Bertz CT molecular complexity index is 747. The van der Waals surface area contributed by atoms with Crippen LogP contribution in [-0.2, 0) is 19.1 Å². The topological polar surface area (TPSA) is 52.6 Å². The van der Waals surface area contributed by atoms with E-state index in [1.807, 2.05) is 34.6 Å². The zero-order valence-electron chi connectivity index (χ0n) is 24.2. The Kier molecular flexibility index (Phi) is 8.75. The van der Waals surface area contributed by atoms with Crippen molar-refractivity contribution in [3.63, 3.8) is 0 Å². The molecule has 202 valence electrons. The largest absolute Gasteiger partial charge is 0.465 e. The summed E-state index contributed by atoms with van der Waals surface area (Å²) in [6.45, 7) is 20.8. The smallest absolute Gasteiger partial charge is 0.311 e. The molecule has 0 spiro atoms. The van der Waals surface area contributed by atoms with Gasteiger partial charge in [-0.05, 0) is 112 Å². The van der Waals surface area contributed by atoms with Gasteiger partial charge in [0.1, 0.15) is 0 Å². The van der Waals surface area contributed by atoms with E-state index in [1.54, 1.807) is 0 Å². The van der Waals surface area contributed by atoms with E-state index in [1.165, 1.54) is 38.5 Å². The monoisotopic (exact) mass is 490 g/mol. The van der Waals surface area contributed by atoms with Crippen LogP contribution in [0.25, 0.3) is 0 Å². The lowest BCUT2D eigenvalue weighted by molar-refractivity contribution is -0.165. The van der Waals surface area contributed by atoms with Crippen LogP contribution in [0.15, 0.2) is 0 Å². The maximum Gasteiger partial charge on any atom is 0.311 e. The van der Waals surface area contributed by atoms with Crippen LogP contribution >= 0.6 is 0 Å². The number of fused-ring (bicyclic) bond motifs is 4. The maximum absolute atomic E-state index is 12.0. The number of carbonyl (C=O) groups excluding carboxylic acids is 2. The molecule has 4 nitrogen and oxygen atoms in total. The molecule has 0 aromatic heterocycles. The SMILES string of the molecule is CCC(C)(C)C(=O)OC[C@H]1CC[C@@H]2C[C@H]1C2(C)C.CCC(C)C(=O)OC[C@H]1CC[C@@H]2C[C@H]1C2(C)C. The number of hydrogen-bond donors (Lipinski definition) is 0. The molecular weight excluding hydrogens is 436 g/mol. The molecule has 0 amide bonds. The Labute approximate surface area is 215 Å². The van der Waals surface area contributed by atoms with Crippen LogP contribution in [0.3, 0.4) is 0 Å². The molecule has 0 saturated heterocycles. The third-order valence-electron chi connectivity index (χ3n) is 11.3. The second-order valence-corrected chi connectivity index (χ2v) is 14.2. The van der Waals surface area contributed by atoms with Gasteiger partial charge in [-0.1, -0.05) is 48.5 Å². The minimum Gasteiger partial charge on any atom is -0.465 e. The molecule has 6 rings (SSSR count). The molecule has 0 aromatic carbocycles. The molecule has 0 aromatic rings. The van der Waals surface area contributed by atoms with E-state index in [4.69, 9.17) is 9.47 Å². The summed E-state index contributed by atoms with van der Waals surface area (Å²) in [5, 5.41) is 0. The van der Waals surface area contributed by atoms with E-state index in [0.717, 1.165) is 36.5 Å². The highest BCUT2D eigenvalue weighted by Crippen LogP contribution is 2.62. The highest BCUT2D eigenvalue weighted by molar-refractivity contribution is 5.75. The van der Waals surface area contributed by atoms with Crippen molar-refractivity contribution < 1.29 is 19.1 Å². The number of ether oxygens (including phenoxy) is 2. The van der Waals surface area contributed by atoms with E-state index in [2.05, 4.69) is 27.7 Å². The average Bonchev–Trinajstić information content (AvgIpc) is 2.85. The van der Waals surface area contributed by atoms with Gasteiger partial charge in [0.05, 0.1) is 24.5 Å². The van der Waals surface area contributed by atoms with Gasteiger partial charge in [0, 0.05) is 0 Å². The number of hydrogen-bond acceptors (Lipinski definition) is 4. The lowest BCUT2D eigenvalue weighted by Gasteiger charge is -2.60. The Hall–Kier alpha value is -1.06. The Balaban J connectivity index is 0.000000196. The Morgan fingerprint density at radius 1 is 0.829 bits per heavy atom. The van der Waals surface area contributed by atoms with Gasteiger partial charge in [0.25, 0.3) is 0 Å². The standard InChI is InChI=1S/C16H28O2.C15H26O2/c1-6-15(2,3)14(17)18-10-11-7-8-12-9-13(11)16(12,4)5;1-5-10(2)14(16)17-9-11-6-7-12-8-13(11)15(12,3)4/h11-13H,6-10H2,1-5H3;10-13H,5-9H2,1-4H3/t11-,12-,13-;10?,11-,12-,13-/m11/s1. The van der Waals surface area contributed by atoms with Crippen molar-refractivity contribution in [1.29, 1.82) is 0 Å². The Morgan fingerprint density at radius 3 is 1.66 bits per heavy atom. The quantitative estimate of drug-likeness (QED) is 0.327. The first-order valence-corrected chi connectivity index (χ1v) is 14.6. The summed E-state index contributed by atoms with van der Waals surface area (Å²) in [6.07, 6.45) is 9.59. The number of rotatable bonds is 8. The van der Waals surface area contributed by atoms with Gasteiger partial charge in [-0.2, -0.15) is 0 Å². The van der Waals surface area contributed by atoms with Crippen LogP contribution in [0.1, 0.15) is 114 Å². The summed E-state index contributed by atoms with van der Waals surface area (Å²) in [7, 11) is 0. The summed E-state index contributed by atoms with van der Waals surface area (Å²) in [5.41, 5.74) is 0.646. The van der Waals surface area contributed by atoms with Crippen molar-refractivity contribution >= 4 is 11.9 Å². The van der Waals surface area contributed by atoms with Crippen molar-refractivity contribution in [2.45, 2.75) is 114 Å². The fraction of sp³-hybridized carbons (Fsp3) is 0.935. The fourth-order valence-corrected chi connectivity index (χ4v) is 7.34. The van der Waals surface area contributed by atoms with Gasteiger partial charge < -0.3 is 9.47 Å². The lowest BCUT2D eigenvalue weighted by Crippen LogP contribution is -2.53. The van der Waals surface area contributed by atoms with Crippen molar-refractivity contribution in [3.05, 3.63) is 0 Å². The first kappa shape index (κ1) is 28.5. The summed E-state index contributed by atoms with van der Waals surface area (Å²) in [4.78, 5) is 23.7. The first-order valence-electron chi connectivity index (χ1n) is 14.6. The van der Waals surface area contributed by atoms with Crippen molar-refractivity contribution in [2.75, 3.05) is 13.2 Å². The highest BCUT2D eigenvalue weighted by Gasteiger charge is 2.55. The van der Waals surface area contributed by atoms with Crippen LogP contribution in [0, 0.1) is 57.7 Å². The number of carbonyl (C=O) groups is 2. The molecule has 6 fully saturated rings. The van der Waals surface area contributed by atoms with Gasteiger partial charge in [0.2, 0.25) is 0 Å². The number of esters is 2. The van der Waals surface area contributed by atoms with Crippen molar-refractivity contribution in [2.24, 2.45) is 57.7 Å². The first-order chi connectivity index (χ1) is 16.3. The van der Waals surface area contributed by atoms with Crippen LogP contribution in [0.5, 0.6) is 0 Å². The maximum atomic E-state index is 12.0. The lowest BCUT2D eigenvalue weighted by atomic mass is 9.46. The van der Waals surface area contributed by atoms with Gasteiger partial charge in [-0.25, -0.2) is 0 Å². The molecule has 0 heterocycles. The molecule has 6 saturated carbocycles.